The van der Waals surface area contributed by atoms with E-state index in [0.717, 1.165) is 9.75 Å². The van der Waals surface area contributed by atoms with Gasteiger partial charge in [0.15, 0.2) is 0 Å². The van der Waals surface area contributed by atoms with Gasteiger partial charge >= 0.3 is 0 Å². The fourth-order valence-electron chi connectivity index (χ4n) is 1.62. The Morgan fingerprint density at radius 1 is 1.28 bits per heavy atom. The molecule has 0 radical (unpaired) electrons. The summed E-state index contributed by atoms with van der Waals surface area (Å²) in [6.45, 7) is 4.72. The summed E-state index contributed by atoms with van der Waals surface area (Å²) in [6, 6.07) is 7.43. The first-order chi connectivity index (χ1) is 8.54. The van der Waals surface area contributed by atoms with Crippen LogP contribution in [0, 0.1) is 6.92 Å². The minimum Gasteiger partial charge on any atom is -0.206 e. The summed E-state index contributed by atoms with van der Waals surface area (Å²) >= 11 is 2.91. The Balaban J connectivity index is 2.26. The molecule has 2 aromatic heterocycles. The van der Waals surface area contributed by atoms with Crippen LogP contribution in [-0.2, 0) is 16.6 Å². The van der Waals surface area contributed by atoms with Gasteiger partial charge in [0.05, 0.1) is 0 Å². The summed E-state index contributed by atoms with van der Waals surface area (Å²) < 4.78 is 26.8. The molecule has 2 aromatic rings. The van der Waals surface area contributed by atoms with E-state index in [9.17, 15) is 8.42 Å². The maximum atomic E-state index is 12.4. The van der Waals surface area contributed by atoms with Gasteiger partial charge in [-0.1, -0.05) is 13.0 Å². The van der Waals surface area contributed by atoms with E-state index in [1.165, 1.54) is 15.6 Å². The minimum absolute atomic E-state index is 0.429. The largest absolute Gasteiger partial charge is 0.252 e. The van der Waals surface area contributed by atoms with Gasteiger partial charge in [0.2, 0.25) is 0 Å². The van der Waals surface area contributed by atoms with Crippen molar-refractivity contribution in [1.29, 1.82) is 0 Å². The summed E-state index contributed by atoms with van der Waals surface area (Å²) in [7, 11) is -3.35. The third-order valence-corrected chi connectivity index (χ3v) is 6.82. The molecule has 2 heterocycles. The fourth-order valence-corrected chi connectivity index (χ4v) is 5.29. The number of aryl methyl sites for hydroxylation is 1. The van der Waals surface area contributed by atoms with E-state index in [4.69, 9.17) is 0 Å². The van der Waals surface area contributed by atoms with Crippen LogP contribution in [0.4, 0.5) is 0 Å². The summed E-state index contributed by atoms with van der Waals surface area (Å²) in [5.41, 5.74) is 0. The summed E-state index contributed by atoms with van der Waals surface area (Å²) in [6.07, 6.45) is 0. The van der Waals surface area contributed by atoms with Crippen LogP contribution in [0.25, 0.3) is 0 Å². The lowest BCUT2D eigenvalue weighted by Crippen LogP contribution is -2.29. The normalized spacial score (nSPS) is 12.2. The van der Waals surface area contributed by atoms with E-state index in [1.807, 2.05) is 37.4 Å². The van der Waals surface area contributed by atoms with Gasteiger partial charge in [0, 0.05) is 22.8 Å². The maximum Gasteiger partial charge on any atom is 0.252 e. The molecule has 2 rings (SSSR count). The van der Waals surface area contributed by atoms with Gasteiger partial charge in [0.1, 0.15) is 4.21 Å². The van der Waals surface area contributed by atoms with Crippen LogP contribution in [0.3, 0.4) is 0 Å². The summed E-state index contributed by atoms with van der Waals surface area (Å²) in [5.74, 6) is 0. The Morgan fingerprint density at radius 3 is 2.56 bits per heavy atom. The lowest BCUT2D eigenvalue weighted by molar-refractivity contribution is 0.428. The molecule has 0 spiro atoms. The molecule has 18 heavy (non-hydrogen) atoms. The van der Waals surface area contributed by atoms with E-state index in [-0.39, 0.29) is 0 Å². The monoisotopic (exact) mass is 301 g/mol. The molecule has 0 aliphatic rings. The smallest absolute Gasteiger partial charge is 0.206 e. The number of hydrogen-bond donors (Lipinski definition) is 0. The zero-order valence-electron chi connectivity index (χ0n) is 10.3. The molecule has 0 aromatic carbocycles. The second kappa shape index (κ2) is 5.52. The van der Waals surface area contributed by atoms with Crippen molar-refractivity contribution in [3.63, 3.8) is 0 Å². The van der Waals surface area contributed by atoms with Crippen LogP contribution in [0.2, 0.25) is 0 Å². The highest BCUT2D eigenvalue weighted by Crippen LogP contribution is 2.26. The van der Waals surface area contributed by atoms with Gasteiger partial charge in [-0.25, -0.2) is 8.42 Å². The molecule has 0 N–H and O–H groups in total. The van der Waals surface area contributed by atoms with Crippen molar-refractivity contribution in [3.05, 3.63) is 39.4 Å². The highest BCUT2D eigenvalue weighted by Gasteiger charge is 2.24. The van der Waals surface area contributed by atoms with Crippen molar-refractivity contribution in [2.45, 2.75) is 24.6 Å². The molecule has 0 saturated carbocycles. The number of hydrogen-bond acceptors (Lipinski definition) is 4. The predicted molar refractivity (Wildman–Crippen MR) is 76.6 cm³/mol. The molecule has 0 saturated heterocycles. The first-order valence-corrected chi connectivity index (χ1v) is 8.76. The van der Waals surface area contributed by atoms with Crippen molar-refractivity contribution < 1.29 is 8.42 Å². The molecule has 0 bridgehead atoms. The molecular weight excluding hydrogens is 286 g/mol. The molecule has 0 unspecified atom stereocenters. The third kappa shape index (κ3) is 2.83. The maximum absolute atomic E-state index is 12.4. The van der Waals surface area contributed by atoms with E-state index in [0.29, 0.717) is 17.3 Å². The predicted octanol–water partition coefficient (Wildman–Crippen LogP) is 3.33. The van der Waals surface area contributed by atoms with E-state index in [2.05, 4.69) is 0 Å². The van der Waals surface area contributed by atoms with Gasteiger partial charge < -0.3 is 0 Å². The quantitative estimate of drug-likeness (QED) is 0.849. The van der Waals surface area contributed by atoms with Gasteiger partial charge in [0.25, 0.3) is 10.0 Å². The van der Waals surface area contributed by atoms with Gasteiger partial charge in [-0.2, -0.15) is 4.31 Å². The lowest BCUT2D eigenvalue weighted by atomic mass is 10.4. The molecule has 0 aliphatic heterocycles. The van der Waals surface area contributed by atoms with Crippen LogP contribution in [0.1, 0.15) is 16.7 Å². The molecule has 0 aliphatic carbocycles. The third-order valence-electron chi connectivity index (χ3n) is 2.57. The summed E-state index contributed by atoms with van der Waals surface area (Å²) in [4.78, 5) is 2.08. The minimum atomic E-state index is -3.35. The molecule has 0 fully saturated rings. The Morgan fingerprint density at radius 2 is 2.06 bits per heavy atom. The first-order valence-electron chi connectivity index (χ1n) is 5.63. The van der Waals surface area contributed by atoms with Crippen molar-refractivity contribution in [1.82, 2.24) is 4.31 Å². The Labute approximate surface area is 116 Å². The summed E-state index contributed by atoms with van der Waals surface area (Å²) in [5, 5.41) is 1.96. The van der Waals surface area contributed by atoms with E-state index in [1.54, 1.807) is 17.4 Å². The SMILES string of the molecule is CCN(Cc1cccs1)S(=O)(=O)c1ccc(C)s1. The Bertz CT molecular complexity index is 599. The number of thiophene rings is 2. The first kappa shape index (κ1) is 13.7. The van der Waals surface area contributed by atoms with Crippen molar-refractivity contribution >= 4 is 32.7 Å². The standard InChI is InChI=1S/C12H15NO2S3/c1-3-13(9-11-5-4-8-16-11)18(14,15)12-7-6-10(2)17-12/h4-8H,3,9H2,1-2H3. The fraction of sp³-hybridized carbons (Fsp3) is 0.333. The van der Waals surface area contributed by atoms with Crippen LogP contribution in [-0.4, -0.2) is 19.3 Å². The average Bonchev–Trinajstić information content (AvgIpc) is 2.96. The van der Waals surface area contributed by atoms with Crippen LogP contribution < -0.4 is 0 Å². The zero-order valence-corrected chi connectivity index (χ0v) is 12.7. The van der Waals surface area contributed by atoms with Crippen LogP contribution in [0.5, 0.6) is 0 Å². The van der Waals surface area contributed by atoms with Crippen molar-refractivity contribution in [3.8, 4) is 0 Å². The van der Waals surface area contributed by atoms with E-state index >= 15 is 0 Å². The van der Waals surface area contributed by atoms with Gasteiger partial charge in [-0.3, -0.25) is 0 Å². The molecule has 0 amide bonds. The Hall–Kier alpha value is -0.690. The molecule has 6 heteroatoms. The van der Waals surface area contributed by atoms with Gasteiger partial charge in [-0.05, 0) is 30.5 Å². The van der Waals surface area contributed by atoms with Crippen LogP contribution >= 0.6 is 22.7 Å². The molecule has 3 nitrogen and oxygen atoms in total. The molecular formula is C12H15NO2S3. The van der Waals surface area contributed by atoms with Crippen molar-refractivity contribution in [2.24, 2.45) is 0 Å². The highest BCUT2D eigenvalue weighted by molar-refractivity contribution is 7.91. The number of rotatable bonds is 5. The second-order valence-electron chi connectivity index (χ2n) is 3.88. The van der Waals surface area contributed by atoms with Crippen LogP contribution in [0.15, 0.2) is 33.9 Å². The Kier molecular flexibility index (Phi) is 4.21. The van der Waals surface area contributed by atoms with E-state index < -0.39 is 10.0 Å². The zero-order chi connectivity index (χ0) is 13.2. The van der Waals surface area contributed by atoms with Gasteiger partial charge in [-0.15, -0.1) is 22.7 Å². The highest BCUT2D eigenvalue weighted by atomic mass is 32.2. The second-order valence-corrected chi connectivity index (χ2v) is 8.36. The molecule has 0 atom stereocenters. The molecule has 98 valence electrons. The number of nitrogens with zero attached hydrogens (tertiary/aromatic N) is 1. The average molecular weight is 301 g/mol. The van der Waals surface area contributed by atoms with Crippen molar-refractivity contribution in [2.75, 3.05) is 6.54 Å². The topological polar surface area (TPSA) is 37.4 Å². The number of sulfonamides is 1. The lowest BCUT2D eigenvalue weighted by Gasteiger charge is -2.18.